The summed E-state index contributed by atoms with van der Waals surface area (Å²) in [6, 6.07) is 12.1. The number of benzene rings is 1. The molecule has 1 aromatic carbocycles. The lowest BCUT2D eigenvalue weighted by Crippen LogP contribution is -2.14. The van der Waals surface area contributed by atoms with Crippen molar-refractivity contribution in [2.24, 2.45) is 0 Å². The first-order valence-corrected chi connectivity index (χ1v) is 6.90. The van der Waals surface area contributed by atoms with Crippen molar-refractivity contribution in [3.05, 3.63) is 65.6 Å². The smallest absolute Gasteiger partial charge is 0.117 e. The van der Waals surface area contributed by atoms with Gasteiger partial charge in [0, 0.05) is 31.0 Å². The van der Waals surface area contributed by atoms with E-state index in [1.165, 1.54) is 11.1 Å². The van der Waals surface area contributed by atoms with E-state index in [1.54, 1.807) is 0 Å². The fraction of sp³-hybridized carbons (Fsp3) is 0.188. The zero-order chi connectivity index (χ0) is 14.5. The molecule has 106 valence electrons. The zero-order valence-corrected chi connectivity index (χ0v) is 11.9. The predicted molar refractivity (Wildman–Crippen MR) is 81.3 cm³/mol. The molecule has 0 bridgehead atoms. The van der Waals surface area contributed by atoms with E-state index >= 15 is 0 Å². The fourth-order valence-electron chi connectivity index (χ4n) is 2.22. The van der Waals surface area contributed by atoms with Gasteiger partial charge in [0.2, 0.25) is 0 Å². The van der Waals surface area contributed by atoms with Crippen LogP contribution in [-0.2, 0) is 13.1 Å². The molecular weight excluding hydrogens is 262 g/mol. The number of rotatable bonds is 5. The minimum absolute atomic E-state index is 0.669. The topological polar surface area (TPSA) is 66.5 Å². The van der Waals surface area contributed by atoms with Crippen molar-refractivity contribution in [1.82, 2.24) is 25.7 Å². The number of nitrogens with zero attached hydrogens (tertiary/aromatic N) is 3. The Morgan fingerprint density at radius 1 is 1.05 bits per heavy atom. The van der Waals surface area contributed by atoms with Gasteiger partial charge in [-0.25, -0.2) is 0 Å². The van der Waals surface area contributed by atoms with E-state index in [4.69, 9.17) is 0 Å². The van der Waals surface area contributed by atoms with Gasteiger partial charge < -0.3 is 5.32 Å². The summed E-state index contributed by atoms with van der Waals surface area (Å²) in [5, 5.41) is 14.6. The van der Waals surface area contributed by atoms with Gasteiger partial charge in [-0.1, -0.05) is 30.3 Å². The molecule has 0 fully saturated rings. The van der Waals surface area contributed by atoms with Gasteiger partial charge in [-0.3, -0.25) is 4.98 Å². The molecule has 2 N–H and O–H groups in total. The second-order valence-corrected chi connectivity index (χ2v) is 4.89. The van der Waals surface area contributed by atoms with Crippen LogP contribution in [0.4, 0.5) is 0 Å². The maximum absolute atomic E-state index is 4.24. The largest absolute Gasteiger partial charge is 0.307 e. The Bertz CT molecular complexity index is 705. The van der Waals surface area contributed by atoms with E-state index < -0.39 is 0 Å². The lowest BCUT2D eigenvalue weighted by Gasteiger charge is -2.06. The monoisotopic (exact) mass is 279 g/mol. The summed E-state index contributed by atoms with van der Waals surface area (Å²) in [7, 11) is 0. The maximum Gasteiger partial charge on any atom is 0.117 e. The lowest BCUT2D eigenvalue weighted by atomic mass is 10.1. The third kappa shape index (κ3) is 3.14. The Morgan fingerprint density at radius 2 is 1.90 bits per heavy atom. The Morgan fingerprint density at radius 3 is 2.71 bits per heavy atom. The first-order chi connectivity index (χ1) is 10.3. The molecule has 0 saturated carbocycles. The summed E-state index contributed by atoms with van der Waals surface area (Å²) in [6.45, 7) is 3.52. The van der Waals surface area contributed by atoms with Crippen molar-refractivity contribution in [3.8, 4) is 11.3 Å². The second kappa shape index (κ2) is 6.28. The van der Waals surface area contributed by atoms with E-state index in [0.29, 0.717) is 6.54 Å². The van der Waals surface area contributed by atoms with Crippen LogP contribution in [-0.4, -0.2) is 20.4 Å². The highest BCUT2D eigenvalue weighted by atomic mass is 15.3. The van der Waals surface area contributed by atoms with Crippen LogP contribution in [0.15, 0.2) is 48.8 Å². The van der Waals surface area contributed by atoms with Crippen molar-refractivity contribution in [3.63, 3.8) is 0 Å². The molecule has 0 amide bonds. The molecule has 0 unspecified atom stereocenters. The third-order valence-electron chi connectivity index (χ3n) is 3.41. The summed E-state index contributed by atoms with van der Waals surface area (Å²) in [4.78, 5) is 4.10. The number of H-pyrrole nitrogens is 1. The lowest BCUT2D eigenvalue weighted by molar-refractivity contribution is 0.674. The molecule has 0 aliphatic heterocycles. The average Bonchev–Trinajstić information content (AvgIpc) is 2.99. The van der Waals surface area contributed by atoms with Gasteiger partial charge >= 0.3 is 0 Å². The summed E-state index contributed by atoms with van der Waals surface area (Å²) < 4.78 is 0. The standard InChI is InChI=1S/C16H17N5/c1-12-9-17-8-7-14(12)10-18-11-15-16(20-21-19-15)13-5-3-2-4-6-13/h2-9,18H,10-11H2,1H3,(H,19,20,21). The van der Waals surface area contributed by atoms with Crippen LogP contribution >= 0.6 is 0 Å². The molecule has 2 aromatic heterocycles. The van der Waals surface area contributed by atoms with Gasteiger partial charge in [0.1, 0.15) is 11.4 Å². The molecule has 0 atom stereocenters. The van der Waals surface area contributed by atoms with Gasteiger partial charge in [0.15, 0.2) is 0 Å². The van der Waals surface area contributed by atoms with Gasteiger partial charge in [-0.05, 0) is 24.1 Å². The van der Waals surface area contributed by atoms with Crippen LogP contribution in [0.3, 0.4) is 0 Å². The van der Waals surface area contributed by atoms with Crippen molar-refractivity contribution >= 4 is 0 Å². The highest BCUT2D eigenvalue weighted by Gasteiger charge is 2.09. The SMILES string of the molecule is Cc1cnccc1CNCc1n[nH]nc1-c1ccccc1. The highest BCUT2D eigenvalue weighted by Crippen LogP contribution is 2.18. The van der Waals surface area contributed by atoms with Crippen LogP contribution in [0.5, 0.6) is 0 Å². The average molecular weight is 279 g/mol. The summed E-state index contributed by atoms with van der Waals surface area (Å²) in [6.07, 6.45) is 3.69. The van der Waals surface area contributed by atoms with E-state index in [2.05, 4.69) is 32.6 Å². The molecule has 0 radical (unpaired) electrons. The van der Waals surface area contributed by atoms with Crippen molar-refractivity contribution < 1.29 is 0 Å². The Labute approximate surface area is 123 Å². The Hall–Kier alpha value is -2.53. The molecule has 3 aromatic rings. The maximum atomic E-state index is 4.24. The van der Waals surface area contributed by atoms with Gasteiger partial charge in [-0.15, -0.1) is 0 Å². The highest BCUT2D eigenvalue weighted by molar-refractivity contribution is 5.60. The molecule has 0 aliphatic rings. The fourth-order valence-corrected chi connectivity index (χ4v) is 2.22. The number of hydrogen-bond donors (Lipinski definition) is 2. The minimum Gasteiger partial charge on any atom is -0.307 e. The number of aryl methyl sites for hydroxylation is 1. The van der Waals surface area contributed by atoms with E-state index in [1.807, 2.05) is 48.8 Å². The van der Waals surface area contributed by atoms with Crippen molar-refractivity contribution in [2.75, 3.05) is 0 Å². The summed E-state index contributed by atoms with van der Waals surface area (Å²) >= 11 is 0. The quantitative estimate of drug-likeness (QED) is 0.753. The molecule has 0 saturated heterocycles. The third-order valence-corrected chi connectivity index (χ3v) is 3.41. The Kier molecular flexibility index (Phi) is 4.02. The normalized spacial score (nSPS) is 10.7. The second-order valence-electron chi connectivity index (χ2n) is 4.89. The van der Waals surface area contributed by atoms with Gasteiger partial charge in [0.25, 0.3) is 0 Å². The number of nitrogens with one attached hydrogen (secondary N) is 2. The van der Waals surface area contributed by atoms with Crippen LogP contribution in [0, 0.1) is 6.92 Å². The van der Waals surface area contributed by atoms with Crippen LogP contribution < -0.4 is 5.32 Å². The molecular formula is C16H17N5. The molecule has 0 spiro atoms. The molecule has 5 nitrogen and oxygen atoms in total. The molecule has 3 rings (SSSR count). The molecule has 2 heterocycles. The van der Waals surface area contributed by atoms with E-state index in [9.17, 15) is 0 Å². The number of aromatic amines is 1. The molecule has 21 heavy (non-hydrogen) atoms. The van der Waals surface area contributed by atoms with Crippen LogP contribution in [0.25, 0.3) is 11.3 Å². The van der Waals surface area contributed by atoms with Gasteiger partial charge in [-0.2, -0.15) is 15.4 Å². The van der Waals surface area contributed by atoms with E-state index in [-0.39, 0.29) is 0 Å². The number of hydrogen-bond acceptors (Lipinski definition) is 4. The summed E-state index contributed by atoms with van der Waals surface area (Å²) in [5.74, 6) is 0. The minimum atomic E-state index is 0.669. The number of aromatic nitrogens is 4. The van der Waals surface area contributed by atoms with Crippen LogP contribution in [0.2, 0.25) is 0 Å². The summed E-state index contributed by atoms with van der Waals surface area (Å²) in [5.41, 5.74) is 5.33. The van der Waals surface area contributed by atoms with Crippen LogP contribution in [0.1, 0.15) is 16.8 Å². The number of pyridine rings is 1. The Balaban J connectivity index is 1.67. The van der Waals surface area contributed by atoms with Gasteiger partial charge in [0.05, 0.1) is 0 Å². The van der Waals surface area contributed by atoms with Crippen molar-refractivity contribution in [1.29, 1.82) is 0 Å². The first kappa shape index (κ1) is 13.5. The molecule has 0 aliphatic carbocycles. The first-order valence-electron chi connectivity index (χ1n) is 6.90. The molecule has 5 heteroatoms. The van der Waals surface area contributed by atoms with Crippen molar-refractivity contribution in [2.45, 2.75) is 20.0 Å². The predicted octanol–water partition coefficient (Wildman–Crippen LogP) is 2.46. The zero-order valence-electron chi connectivity index (χ0n) is 11.9. The van der Waals surface area contributed by atoms with E-state index in [0.717, 1.165) is 23.5 Å².